The summed E-state index contributed by atoms with van der Waals surface area (Å²) in [7, 11) is 0. The van der Waals surface area contributed by atoms with Crippen LogP contribution in [0.25, 0.3) is 0 Å². The van der Waals surface area contributed by atoms with Crippen LogP contribution < -0.4 is 5.73 Å². The Bertz CT molecular complexity index is 501. The molecule has 0 bridgehead atoms. The van der Waals surface area contributed by atoms with Gasteiger partial charge in [0.05, 0.1) is 5.69 Å². The first-order chi connectivity index (χ1) is 9.88. The van der Waals surface area contributed by atoms with Crippen LogP contribution >= 0.6 is 0 Å². The number of fused-ring (bicyclic) bond motifs is 1. The maximum atomic E-state index is 6.44. The summed E-state index contributed by atoms with van der Waals surface area (Å²) in [5, 5.41) is 0. The zero-order valence-corrected chi connectivity index (χ0v) is 14.2. The summed E-state index contributed by atoms with van der Waals surface area (Å²) in [6, 6.07) is 0. The van der Waals surface area contributed by atoms with E-state index in [-0.39, 0.29) is 0 Å². The highest BCUT2D eigenvalue weighted by molar-refractivity contribution is 5.42. The van der Waals surface area contributed by atoms with E-state index >= 15 is 0 Å². The molecule has 3 heteroatoms. The highest BCUT2D eigenvalue weighted by atomic mass is 15.2. The molecule has 3 nitrogen and oxygen atoms in total. The topological polar surface area (TPSA) is 43.8 Å². The lowest BCUT2D eigenvalue weighted by Crippen LogP contribution is -2.25. The molecule has 1 aromatic heterocycles. The minimum absolute atomic E-state index is 0.443. The molecule has 0 saturated heterocycles. The van der Waals surface area contributed by atoms with Gasteiger partial charge in [-0.3, -0.25) is 0 Å². The van der Waals surface area contributed by atoms with Crippen LogP contribution in [0, 0.1) is 11.3 Å². The highest BCUT2D eigenvalue weighted by Crippen LogP contribution is 2.44. The summed E-state index contributed by atoms with van der Waals surface area (Å²) in [6.45, 7) is 10.5. The summed E-state index contributed by atoms with van der Waals surface area (Å²) in [5.41, 5.74) is 8.09. The number of nitrogens with zero attached hydrogens (tertiary/aromatic N) is 2. The molecule has 1 unspecified atom stereocenters. The lowest BCUT2D eigenvalue weighted by molar-refractivity contribution is 0.168. The van der Waals surface area contributed by atoms with Gasteiger partial charge in [-0.15, -0.1) is 0 Å². The lowest BCUT2D eigenvalue weighted by Gasteiger charge is -2.36. The minimum Gasteiger partial charge on any atom is -0.384 e. The second-order valence-electron chi connectivity index (χ2n) is 8.35. The maximum absolute atomic E-state index is 6.44. The zero-order chi connectivity index (χ0) is 15.2. The smallest absolute Gasteiger partial charge is 0.127 e. The Balaban J connectivity index is 1.77. The van der Waals surface area contributed by atoms with Gasteiger partial charge in [0.15, 0.2) is 0 Å². The van der Waals surface area contributed by atoms with E-state index in [4.69, 9.17) is 10.7 Å². The molecule has 1 aromatic rings. The Morgan fingerprint density at radius 1 is 1.10 bits per heavy atom. The van der Waals surface area contributed by atoms with Crippen molar-refractivity contribution < 1.29 is 0 Å². The first kappa shape index (κ1) is 14.9. The van der Waals surface area contributed by atoms with Crippen molar-refractivity contribution in [2.75, 3.05) is 5.73 Å². The van der Waals surface area contributed by atoms with Crippen molar-refractivity contribution in [3.63, 3.8) is 0 Å². The van der Waals surface area contributed by atoms with Gasteiger partial charge in [-0.2, -0.15) is 0 Å². The maximum Gasteiger partial charge on any atom is 0.127 e. The van der Waals surface area contributed by atoms with Gasteiger partial charge in [0.25, 0.3) is 0 Å². The van der Waals surface area contributed by atoms with Crippen molar-refractivity contribution in [1.82, 2.24) is 9.55 Å². The van der Waals surface area contributed by atoms with E-state index in [0.29, 0.717) is 17.3 Å². The molecule has 1 atom stereocenters. The molecule has 2 N–H and O–H groups in total. The standard InChI is InChI=1S/C18H31N3/c1-12-6-5-11-21-16(19)15(20-17(12)21)13-7-9-14(10-8-13)18(2,3)4/h12-14H,5-11,19H2,1-4H3. The molecule has 1 aliphatic carbocycles. The molecule has 2 heterocycles. The fourth-order valence-electron chi connectivity index (χ4n) is 4.33. The molecule has 118 valence electrons. The fraction of sp³-hybridized carbons (Fsp3) is 0.833. The number of nitrogen functional groups attached to an aromatic ring is 1. The van der Waals surface area contributed by atoms with Gasteiger partial charge >= 0.3 is 0 Å². The van der Waals surface area contributed by atoms with Crippen LogP contribution in [-0.4, -0.2) is 9.55 Å². The molecule has 3 rings (SSSR count). The summed E-state index contributed by atoms with van der Waals surface area (Å²) >= 11 is 0. The van der Waals surface area contributed by atoms with Crippen molar-refractivity contribution in [2.24, 2.45) is 11.3 Å². The first-order valence-electron chi connectivity index (χ1n) is 8.73. The summed E-state index contributed by atoms with van der Waals surface area (Å²) < 4.78 is 2.29. The molecular formula is C18H31N3. The molecule has 1 fully saturated rings. The number of hydrogen-bond donors (Lipinski definition) is 1. The molecule has 21 heavy (non-hydrogen) atoms. The second kappa shape index (κ2) is 5.33. The fourth-order valence-corrected chi connectivity index (χ4v) is 4.33. The number of nitrogens with two attached hydrogens (primary N) is 1. The van der Waals surface area contributed by atoms with Crippen molar-refractivity contribution in [3.8, 4) is 0 Å². The Morgan fingerprint density at radius 2 is 1.76 bits per heavy atom. The number of hydrogen-bond acceptors (Lipinski definition) is 2. The van der Waals surface area contributed by atoms with E-state index in [1.54, 1.807) is 0 Å². The monoisotopic (exact) mass is 289 g/mol. The number of imidazole rings is 1. The van der Waals surface area contributed by atoms with Gasteiger partial charge in [0.1, 0.15) is 11.6 Å². The summed E-state index contributed by atoms with van der Waals surface area (Å²) in [6.07, 6.45) is 7.67. The van der Waals surface area contributed by atoms with Crippen LogP contribution in [0.4, 0.5) is 5.82 Å². The minimum atomic E-state index is 0.443. The van der Waals surface area contributed by atoms with Crippen LogP contribution in [0.3, 0.4) is 0 Å². The van der Waals surface area contributed by atoms with Crippen LogP contribution in [-0.2, 0) is 6.54 Å². The molecule has 0 radical (unpaired) electrons. The normalized spacial score (nSPS) is 30.2. The number of rotatable bonds is 1. The average Bonchev–Trinajstić information content (AvgIpc) is 2.77. The van der Waals surface area contributed by atoms with Gasteiger partial charge in [-0.1, -0.05) is 27.7 Å². The molecule has 0 aromatic carbocycles. The van der Waals surface area contributed by atoms with Crippen molar-refractivity contribution in [3.05, 3.63) is 11.5 Å². The third kappa shape index (κ3) is 2.72. The van der Waals surface area contributed by atoms with Gasteiger partial charge in [0.2, 0.25) is 0 Å². The van der Waals surface area contributed by atoms with Gasteiger partial charge in [0, 0.05) is 18.4 Å². The predicted octanol–water partition coefficient (Wildman–Crippen LogP) is 4.68. The van der Waals surface area contributed by atoms with E-state index in [1.807, 2.05) is 0 Å². The van der Waals surface area contributed by atoms with Crippen LogP contribution in [0.15, 0.2) is 0 Å². The van der Waals surface area contributed by atoms with Crippen molar-refractivity contribution in [2.45, 2.75) is 84.6 Å². The number of anilines is 1. The molecule has 0 amide bonds. The first-order valence-corrected chi connectivity index (χ1v) is 8.73. The van der Waals surface area contributed by atoms with Crippen molar-refractivity contribution in [1.29, 1.82) is 0 Å². The van der Waals surface area contributed by atoms with Crippen LogP contribution in [0.2, 0.25) is 0 Å². The van der Waals surface area contributed by atoms with E-state index in [2.05, 4.69) is 32.3 Å². The van der Waals surface area contributed by atoms with E-state index in [9.17, 15) is 0 Å². The predicted molar refractivity (Wildman–Crippen MR) is 88.4 cm³/mol. The third-order valence-corrected chi connectivity index (χ3v) is 5.86. The molecule has 1 aliphatic heterocycles. The molecule has 1 saturated carbocycles. The van der Waals surface area contributed by atoms with Crippen molar-refractivity contribution >= 4 is 5.82 Å². The Hall–Kier alpha value is -0.990. The van der Waals surface area contributed by atoms with Crippen LogP contribution in [0.1, 0.15) is 89.6 Å². The summed E-state index contributed by atoms with van der Waals surface area (Å²) in [4.78, 5) is 4.98. The molecule has 2 aliphatic rings. The van der Waals surface area contributed by atoms with Gasteiger partial charge < -0.3 is 10.3 Å². The van der Waals surface area contributed by atoms with E-state index in [1.165, 1.54) is 50.0 Å². The van der Waals surface area contributed by atoms with Gasteiger partial charge in [-0.25, -0.2) is 4.98 Å². The molecule has 0 spiro atoms. The second-order valence-corrected chi connectivity index (χ2v) is 8.35. The Morgan fingerprint density at radius 3 is 2.33 bits per heavy atom. The quantitative estimate of drug-likeness (QED) is 0.815. The lowest BCUT2D eigenvalue weighted by atomic mass is 9.69. The third-order valence-electron chi connectivity index (χ3n) is 5.86. The number of aromatic nitrogens is 2. The van der Waals surface area contributed by atoms with E-state index < -0.39 is 0 Å². The largest absolute Gasteiger partial charge is 0.384 e. The van der Waals surface area contributed by atoms with Gasteiger partial charge in [-0.05, 0) is 49.9 Å². The summed E-state index contributed by atoms with van der Waals surface area (Å²) in [5.74, 6) is 4.23. The average molecular weight is 289 g/mol. The molecular weight excluding hydrogens is 258 g/mol. The Labute approximate surface area is 129 Å². The van der Waals surface area contributed by atoms with Crippen LogP contribution in [0.5, 0.6) is 0 Å². The highest BCUT2D eigenvalue weighted by Gasteiger charge is 2.33. The zero-order valence-electron chi connectivity index (χ0n) is 14.2. The SMILES string of the molecule is CC1CCCn2c1nc(C1CCC(C(C)(C)C)CC1)c2N. The Kier molecular flexibility index (Phi) is 3.79. The van der Waals surface area contributed by atoms with E-state index in [0.717, 1.165) is 18.3 Å².